The van der Waals surface area contributed by atoms with Crippen LogP contribution in [0, 0.1) is 0 Å². The van der Waals surface area contributed by atoms with E-state index in [1.807, 2.05) is 19.2 Å². The van der Waals surface area contributed by atoms with Crippen molar-refractivity contribution in [2.24, 2.45) is 7.05 Å². The predicted octanol–water partition coefficient (Wildman–Crippen LogP) is 1.74. The maximum Gasteiger partial charge on any atom is 0.164 e. The zero-order valence-electron chi connectivity index (χ0n) is 8.72. The van der Waals surface area contributed by atoms with Crippen molar-refractivity contribution in [3.63, 3.8) is 0 Å². The van der Waals surface area contributed by atoms with Gasteiger partial charge in [-0.25, -0.2) is 4.98 Å². The monoisotopic (exact) mass is 282 g/mol. The van der Waals surface area contributed by atoms with Crippen LogP contribution in [0.25, 0.3) is 0 Å². The molecule has 2 N–H and O–H groups in total. The second-order valence-corrected chi connectivity index (χ2v) is 4.19. The van der Waals surface area contributed by atoms with Gasteiger partial charge in [-0.15, -0.1) is 0 Å². The first-order chi connectivity index (χ1) is 7.66. The van der Waals surface area contributed by atoms with E-state index in [4.69, 9.17) is 10.5 Å². The zero-order valence-corrected chi connectivity index (χ0v) is 10.3. The Morgan fingerprint density at radius 3 is 2.94 bits per heavy atom. The molecule has 0 radical (unpaired) electrons. The van der Waals surface area contributed by atoms with Gasteiger partial charge in [0, 0.05) is 11.5 Å². The van der Waals surface area contributed by atoms with Crippen molar-refractivity contribution >= 4 is 21.6 Å². The van der Waals surface area contributed by atoms with Crippen LogP contribution in [0.5, 0.6) is 5.75 Å². The van der Waals surface area contributed by atoms with Crippen LogP contribution in [0.3, 0.4) is 0 Å². The summed E-state index contributed by atoms with van der Waals surface area (Å²) in [5, 5.41) is 3.95. The van der Waals surface area contributed by atoms with Gasteiger partial charge in [-0.3, -0.25) is 4.68 Å². The van der Waals surface area contributed by atoms with E-state index in [2.05, 4.69) is 26.0 Å². The molecule has 0 saturated carbocycles. The fourth-order valence-electron chi connectivity index (χ4n) is 1.24. The van der Waals surface area contributed by atoms with Crippen LogP contribution in [0.2, 0.25) is 0 Å². The average molecular weight is 283 g/mol. The molecule has 0 aliphatic heterocycles. The molecule has 0 aliphatic carbocycles. The van der Waals surface area contributed by atoms with Crippen LogP contribution in [-0.2, 0) is 13.7 Å². The van der Waals surface area contributed by atoms with Crippen molar-refractivity contribution < 1.29 is 4.74 Å². The SMILES string of the molecule is Cn1ncnc1COc1ccc(Br)cc1N. The molecule has 0 spiro atoms. The number of nitrogen functional groups attached to an aromatic ring is 1. The number of anilines is 1. The van der Waals surface area contributed by atoms with E-state index in [0.29, 0.717) is 18.0 Å². The molecule has 1 aromatic carbocycles. The minimum atomic E-state index is 0.350. The number of nitrogens with two attached hydrogens (primary N) is 1. The fraction of sp³-hybridized carbons (Fsp3) is 0.200. The van der Waals surface area contributed by atoms with Gasteiger partial charge in [-0.2, -0.15) is 5.10 Å². The Morgan fingerprint density at radius 1 is 1.50 bits per heavy atom. The largest absolute Gasteiger partial charge is 0.483 e. The normalized spacial score (nSPS) is 10.4. The van der Waals surface area contributed by atoms with Gasteiger partial charge in [-0.05, 0) is 18.2 Å². The Bertz CT molecular complexity index is 497. The summed E-state index contributed by atoms with van der Waals surface area (Å²) >= 11 is 3.34. The molecule has 0 aliphatic rings. The molecule has 84 valence electrons. The molecule has 0 atom stereocenters. The lowest BCUT2D eigenvalue weighted by atomic mass is 10.3. The summed E-state index contributed by atoms with van der Waals surface area (Å²) in [5.41, 5.74) is 6.40. The first-order valence-corrected chi connectivity index (χ1v) is 5.47. The van der Waals surface area contributed by atoms with Crippen molar-refractivity contribution in [3.8, 4) is 5.75 Å². The van der Waals surface area contributed by atoms with E-state index in [9.17, 15) is 0 Å². The van der Waals surface area contributed by atoms with Crippen LogP contribution in [0.1, 0.15) is 5.82 Å². The lowest BCUT2D eigenvalue weighted by molar-refractivity contribution is 0.291. The Balaban J connectivity index is 2.08. The van der Waals surface area contributed by atoms with Crippen LogP contribution in [0.15, 0.2) is 29.0 Å². The average Bonchev–Trinajstić information content (AvgIpc) is 2.63. The van der Waals surface area contributed by atoms with E-state index in [1.54, 1.807) is 10.7 Å². The van der Waals surface area contributed by atoms with E-state index >= 15 is 0 Å². The third kappa shape index (κ3) is 2.33. The second kappa shape index (κ2) is 4.52. The van der Waals surface area contributed by atoms with E-state index in [0.717, 1.165) is 10.3 Å². The highest BCUT2D eigenvalue weighted by atomic mass is 79.9. The third-order valence-electron chi connectivity index (χ3n) is 2.13. The van der Waals surface area contributed by atoms with Gasteiger partial charge in [0.25, 0.3) is 0 Å². The van der Waals surface area contributed by atoms with E-state index < -0.39 is 0 Å². The summed E-state index contributed by atoms with van der Waals surface area (Å²) in [5.74, 6) is 1.40. The van der Waals surface area contributed by atoms with Crippen molar-refractivity contribution in [3.05, 3.63) is 34.8 Å². The number of nitrogens with zero attached hydrogens (tertiary/aromatic N) is 3. The number of halogens is 1. The Morgan fingerprint density at radius 2 is 2.31 bits per heavy atom. The van der Waals surface area contributed by atoms with Gasteiger partial charge in [0.05, 0.1) is 5.69 Å². The van der Waals surface area contributed by atoms with E-state index in [1.165, 1.54) is 6.33 Å². The molecule has 1 heterocycles. The number of rotatable bonds is 3. The molecule has 0 unspecified atom stereocenters. The third-order valence-corrected chi connectivity index (χ3v) is 2.63. The van der Waals surface area contributed by atoms with Gasteiger partial charge < -0.3 is 10.5 Å². The van der Waals surface area contributed by atoms with Crippen LogP contribution < -0.4 is 10.5 Å². The number of benzene rings is 1. The molecule has 5 nitrogen and oxygen atoms in total. The van der Waals surface area contributed by atoms with Gasteiger partial charge in [0.15, 0.2) is 5.82 Å². The smallest absolute Gasteiger partial charge is 0.164 e. The highest BCUT2D eigenvalue weighted by Crippen LogP contribution is 2.25. The van der Waals surface area contributed by atoms with Crippen LogP contribution in [-0.4, -0.2) is 14.8 Å². The molecule has 1 aromatic heterocycles. The van der Waals surface area contributed by atoms with Crippen molar-refractivity contribution in [1.29, 1.82) is 0 Å². The molecular formula is C10H11BrN4O. The Labute approximate surface area is 101 Å². The molecule has 16 heavy (non-hydrogen) atoms. The van der Waals surface area contributed by atoms with Gasteiger partial charge in [0.2, 0.25) is 0 Å². The summed E-state index contributed by atoms with van der Waals surface area (Å²) < 4.78 is 8.14. The number of hydrogen-bond acceptors (Lipinski definition) is 4. The van der Waals surface area contributed by atoms with Crippen molar-refractivity contribution in [2.75, 3.05) is 5.73 Å². The van der Waals surface area contributed by atoms with E-state index in [-0.39, 0.29) is 0 Å². The molecule has 0 bridgehead atoms. The summed E-state index contributed by atoms with van der Waals surface area (Å²) in [4.78, 5) is 4.05. The quantitative estimate of drug-likeness (QED) is 0.871. The minimum Gasteiger partial charge on any atom is -0.483 e. The Hall–Kier alpha value is -1.56. The van der Waals surface area contributed by atoms with Crippen LogP contribution >= 0.6 is 15.9 Å². The maximum atomic E-state index is 5.80. The zero-order chi connectivity index (χ0) is 11.5. The molecule has 0 saturated heterocycles. The van der Waals surface area contributed by atoms with Gasteiger partial charge in [0.1, 0.15) is 18.7 Å². The molecular weight excluding hydrogens is 272 g/mol. The number of aromatic nitrogens is 3. The fourth-order valence-corrected chi connectivity index (χ4v) is 1.62. The standard InChI is InChI=1S/C10H11BrN4O/c1-15-10(13-6-14-15)5-16-9-3-2-7(11)4-8(9)12/h2-4,6H,5,12H2,1H3. The van der Waals surface area contributed by atoms with Gasteiger partial charge >= 0.3 is 0 Å². The minimum absolute atomic E-state index is 0.350. The summed E-state index contributed by atoms with van der Waals surface area (Å²) in [7, 11) is 1.82. The highest BCUT2D eigenvalue weighted by Gasteiger charge is 2.04. The van der Waals surface area contributed by atoms with Crippen LogP contribution in [0.4, 0.5) is 5.69 Å². The number of hydrogen-bond donors (Lipinski definition) is 1. The van der Waals surface area contributed by atoms with Gasteiger partial charge in [-0.1, -0.05) is 15.9 Å². The number of aryl methyl sites for hydroxylation is 1. The first-order valence-electron chi connectivity index (χ1n) is 4.67. The highest BCUT2D eigenvalue weighted by molar-refractivity contribution is 9.10. The maximum absolute atomic E-state index is 5.80. The molecule has 6 heteroatoms. The van der Waals surface area contributed by atoms with Crippen molar-refractivity contribution in [1.82, 2.24) is 14.8 Å². The first kappa shape index (κ1) is 10.9. The summed E-state index contributed by atoms with van der Waals surface area (Å²) in [6.07, 6.45) is 1.49. The predicted molar refractivity (Wildman–Crippen MR) is 63.9 cm³/mol. The molecule has 2 rings (SSSR count). The molecule has 2 aromatic rings. The Kier molecular flexibility index (Phi) is 3.09. The molecule has 0 fully saturated rings. The molecule has 0 amide bonds. The summed E-state index contributed by atoms with van der Waals surface area (Å²) in [6.45, 7) is 0.350. The summed E-state index contributed by atoms with van der Waals surface area (Å²) in [6, 6.07) is 5.49. The lowest BCUT2D eigenvalue weighted by Crippen LogP contribution is -2.05. The lowest BCUT2D eigenvalue weighted by Gasteiger charge is -2.08. The topological polar surface area (TPSA) is 66.0 Å². The number of ether oxygens (including phenoxy) is 1. The van der Waals surface area contributed by atoms with Crippen molar-refractivity contribution in [2.45, 2.75) is 6.61 Å². The second-order valence-electron chi connectivity index (χ2n) is 3.27.